The highest BCUT2D eigenvalue weighted by Gasteiger charge is 2.30. The molecule has 7 nitrogen and oxygen atoms in total. The van der Waals surface area contributed by atoms with Crippen LogP contribution < -0.4 is 5.32 Å². The highest BCUT2D eigenvalue weighted by Crippen LogP contribution is 2.21. The lowest BCUT2D eigenvalue weighted by atomic mass is 10.2. The van der Waals surface area contributed by atoms with Gasteiger partial charge in [-0.25, -0.2) is 8.42 Å². The molecule has 1 aliphatic rings. The summed E-state index contributed by atoms with van der Waals surface area (Å²) in [7, 11) is -3.57. The summed E-state index contributed by atoms with van der Waals surface area (Å²) in [5.74, 6) is 0. The third-order valence-corrected chi connectivity index (χ3v) is 5.36. The summed E-state index contributed by atoms with van der Waals surface area (Å²) in [5.41, 5.74) is 1.50. The molecule has 0 amide bonds. The fraction of sp³-hybridized carbons (Fsp3) is 0.769. The number of H-pyrrole nitrogens is 1. The van der Waals surface area contributed by atoms with Gasteiger partial charge >= 0.3 is 0 Å². The quantitative estimate of drug-likeness (QED) is 0.832. The molecule has 2 heterocycles. The zero-order chi connectivity index (χ0) is 15.5. The van der Waals surface area contributed by atoms with E-state index >= 15 is 0 Å². The van der Waals surface area contributed by atoms with Crippen molar-refractivity contribution in [2.45, 2.75) is 44.8 Å². The number of aryl methyl sites for hydroxylation is 1. The van der Waals surface area contributed by atoms with Gasteiger partial charge in [-0.05, 0) is 13.3 Å². The average Bonchev–Trinajstić information content (AvgIpc) is 2.65. The van der Waals surface area contributed by atoms with E-state index in [-0.39, 0.29) is 11.1 Å². The van der Waals surface area contributed by atoms with Crippen LogP contribution in [0.2, 0.25) is 0 Å². The van der Waals surface area contributed by atoms with Crippen molar-refractivity contribution in [2.24, 2.45) is 0 Å². The second-order valence-electron chi connectivity index (χ2n) is 5.54. The predicted molar refractivity (Wildman–Crippen MR) is 79.5 cm³/mol. The Morgan fingerprint density at radius 2 is 2.14 bits per heavy atom. The van der Waals surface area contributed by atoms with Gasteiger partial charge < -0.3 is 10.1 Å². The van der Waals surface area contributed by atoms with Crippen LogP contribution in [0, 0.1) is 6.92 Å². The maximum absolute atomic E-state index is 12.8. The van der Waals surface area contributed by atoms with Crippen molar-refractivity contribution in [2.75, 3.05) is 26.3 Å². The molecule has 8 heteroatoms. The fourth-order valence-electron chi connectivity index (χ4n) is 2.24. The van der Waals surface area contributed by atoms with E-state index in [0.717, 1.165) is 5.69 Å². The van der Waals surface area contributed by atoms with Crippen LogP contribution in [0.5, 0.6) is 0 Å². The van der Waals surface area contributed by atoms with Crippen LogP contribution in [0.15, 0.2) is 5.03 Å². The van der Waals surface area contributed by atoms with Gasteiger partial charge in [-0.1, -0.05) is 13.8 Å². The van der Waals surface area contributed by atoms with E-state index in [4.69, 9.17) is 4.74 Å². The van der Waals surface area contributed by atoms with Gasteiger partial charge in [-0.3, -0.25) is 5.10 Å². The van der Waals surface area contributed by atoms with Gasteiger partial charge in [0.2, 0.25) is 0 Å². The van der Waals surface area contributed by atoms with E-state index < -0.39 is 10.0 Å². The zero-order valence-corrected chi connectivity index (χ0v) is 13.7. The minimum atomic E-state index is -3.57. The Morgan fingerprint density at radius 3 is 2.86 bits per heavy atom. The molecular weight excluding hydrogens is 292 g/mol. The smallest absolute Gasteiger partial charge is 0.262 e. The lowest BCUT2D eigenvalue weighted by Crippen LogP contribution is -2.34. The molecule has 120 valence electrons. The molecule has 0 aromatic carbocycles. The third kappa shape index (κ3) is 3.82. The average molecular weight is 316 g/mol. The van der Waals surface area contributed by atoms with E-state index in [1.165, 1.54) is 4.31 Å². The lowest BCUT2D eigenvalue weighted by molar-refractivity contribution is 0.148. The van der Waals surface area contributed by atoms with E-state index in [2.05, 4.69) is 15.5 Å². The van der Waals surface area contributed by atoms with Crippen LogP contribution in [-0.4, -0.2) is 55.3 Å². The van der Waals surface area contributed by atoms with Crippen LogP contribution in [0.3, 0.4) is 0 Å². The molecule has 0 saturated carbocycles. The number of rotatable bonds is 5. The highest BCUT2D eigenvalue weighted by molar-refractivity contribution is 7.89. The van der Waals surface area contributed by atoms with Crippen LogP contribution in [0.4, 0.5) is 0 Å². The molecule has 21 heavy (non-hydrogen) atoms. The minimum absolute atomic E-state index is 0.134. The predicted octanol–water partition coefficient (Wildman–Crippen LogP) is 0.627. The molecule has 0 bridgehead atoms. The standard InChI is InChI=1S/C13H24N4O3S/c1-10(2)14-9-12-11(3)15-16-13(12)21(18,19)17-5-4-7-20-8-6-17/h10,14H,4-9H2,1-3H3,(H,15,16). The summed E-state index contributed by atoms with van der Waals surface area (Å²) in [5, 5.41) is 10.2. The Bertz CT molecular complexity index is 560. The molecule has 0 spiro atoms. The topological polar surface area (TPSA) is 87.3 Å². The van der Waals surface area contributed by atoms with Crippen molar-refractivity contribution >= 4 is 10.0 Å². The fourth-order valence-corrected chi connectivity index (χ4v) is 3.87. The van der Waals surface area contributed by atoms with Gasteiger partial charge in [-0.15, -0.1) is 0 Å². The van der Waals surface area contributed by atoms with E-state index in [0.29, 0.717) is 44.8 Å². The van der Waals surface area contributed by atoms with Crippen molar-refractivity contribution in [1.29, 1.82) is 0 Å². The molecular formula is C13H24N4O3S. The van der Waals surface area contributed by atoms with E-state index in [1.54, 1.807) is 0 Å². The van der Waals surface area contributed by atoms with Gasteiger partial charge in [0.15, 0.2) is 5.03 Å². The van der Waals surface area contributed by atoms with Gasteiger partial charge in [0.05, 0.1) is 6.61 Å². The third-order valence-electron chi connectivity index (χ3n) is 3.49. The Kier molecular flexibility index (Phi) is 5.37. The number of aromatic amines is 1. The Morgan fingerprint density at radius 1 is 1.38 bits per heavy atom. The van der Waals surface area contributed by atoms with Gasteiger partial charge in [0, 0.05) is 43.5 Å². The van der Waals surface area contributed by atoms with E-state index in [9.17, 15) is 8.42 Å². The summed E-state index contributed by atoms with van der Waals surface area (Å²) in [6.45, 7) is 8.27. The summed E-state index contributed by atoms with van der Waals surface area (Å²) in [6.07, 6.45) is 0.711. The van der Waals surface area contributed by atoms with Crippen molar-refractivity contribution in [1.82, 2.24) is 19.8 Å². The maximum Gasteiger partial charge on any atom is 0.262 e. The van der Waals surface area contributed by atoms with Crippen LogP contribution in [0.1, 0.15) is 31.5 Å². The molecule has 1 saturated heterocycles. The van der Waals surface area contributed by atoms with Crippen LogP contribution in [0.25, 0.3) is 0 Å². The first-order chi connectivity index (χ1) is 9.93. The number of aromatic nitrogens is 2. The molecule has 2 rings (SSSR count). The normalized spacial score (nSPS) is 18.1. The summed E-state index contributed by atoms with van der Waals surface area (Å²) < 4.78 is 32.3. The van der Waals surface area contributed by atoms with Crippen molar-refractivity contribution in [3.05, 3.63) is 11.3 Å². The summed E-state index contributed by atoms with van der Waals surface area (Å²) in [6, 6.07) is 0.279. The summed E-state index contributed by atoms with van der Waals surface area (Å²) >= 11 is 0. The molecule has 1 aliphatic heterocycles. The molecule has 2 N–H and O–H groups in total. The Hall–Kier alpha value is -0.960. The zero-order valence-electron chi connectivity index (χ0n) is 12.8. The number of hydrogen-bond acceptors (Lipinski definition) is 5. The van der Waals surface area contributed by atoms with E-state index in [1.807, 2.05) is 20.8 Å². The monoisotopic (exact) mass is 316 g/mol. The number of sulfonamides is 1. The molecule has 1 fully saturated rings. The molecule has 0 atom stereocenters. The first-order valence-electron chi connectivity index (χ1n) is 7.28. The molecule has 0 radical (unpaired) electrons. The van der Waals surface area contributed by atoms with Crippen LogP contribution >= 0.6 is 0 Å². The highest BCUT2D eigenvalue weighted by atomic mass is 32.2. The van der Waals surface area contributed by atoms with Gasteiger partial charge in [0.1, 0.15) is 0 Å². The van der Waals surface area contributed by atoms with Crippen molar-refractivity contribution in [3.63, 3.8) is 0 Å². The van der Waals surface area contributed by atoms with Gasteiger partial charge in [0.25, 0.3) is 10.0 Å². The first kappa shape index (κ1) is 16.4. The first-order valence-corrected chi connectivity index (χ1v) is 8.72. The van der Waals surface area contributed by atoms with Crippen molar-refractivity contribution < 1.29 is 13.2 Å². The maximum atomic E-state index is 12.8. The number of nitrogens with zero attached hydrogens (tertiary/aromatic N) is 2. The largest absolute Gasteiger partial charge is 0.380 e. The number of hydrogen-bond donors (Lipinski definition) is 2. The Balaban J connectivity index is 2.26. The molecule has 0 unspecified atom stereocenters. The molecule has 1 aromatic rings. The van der Waals surface area contributed by atoms with Crippen LogP contribution in [-0.2, 0) is 21.3 Å². The lowest BCUT2D eigenvalue weighted by Gasteiger charge is -2.19. The SMILES string of the molecule is Cc1[nH]nc(S(=O)(=O)N2CCCOCC2)c1CNC(C)C. The van der Waals surface area contributed by atoms with Crippen molar-refractivity contribution in [3.8, 4) is 0 Å². The van der Waals surface area contributed by atoms with Gasteiger partial charge in [-0.2, -0.15) is 9.40 Å². The molecule has 1 aromatic heterocycles. The summed E-state index contributed by atoms with van der Waals surface area (Å²) in [4.78, 5) is 0. The number of ether oxygens (including phenoxy) is 1. The second kappa shape index (κ2) is 6.87. The second-order valence-corrected chi connectivity index (χ2v) is 7.39. The number of nitrogens with one attached hydrogen (secondary N) is 2. The minimum Gasteiger partial charge on any atom is -0.380 e. The molecule has 0 aliphatic carbocycles. The Labute approximate surface area is 126 Å².